The third-order valence-corrected chi connectivity index (χ3v) is 2.70. The Morgan fingerprint density at radius 3 is 2.81 bits per heavy atom. The van der Waals surface area contributed by atoms with Crippen LogP contribution in [0.15, 0.2) is 6.20 Å². The van der Waals surface area contributed by atoms with Crippen LogP contribution >= 0.6 is 11.6 Å². The van der Waals surface area contributed by atoms with E-state index in [4.69, 9.17) is 22.1 Å². The number of carbonyl (C=O) groups excluding carboxylic acids is 1. The molecule has 1 aromatic rings. The quantitative estimate of drug-likeness (QED) is 0.649. The molecule has 0 saturated carbocycles. The first-order chi connectivity index (χ1) is 7.47. The second-order valence-electron chi connectivity index (χ2n) is 3.55. The van der Waals surface area contributed by atoms with E-state index in [0.717, 1.165) is 0 Å². The molecule has 0 bridgehead atoms. The molecule has 90 valence electrons. The van der Waals surface area contributed by atoms with Crippen LogP contribution in [0.25, 0.3) is 0 Å². The van der Waals surface area contributed by atoms with Gasteiger partial charge in [0.05, 0.1) is 18.0 Å². The van der Waals surface area contributed by atoms with Gasteiger partial charge in [0.1, 0.15) is 5.56 Å². The van der Waals surface area contributed by atoms with Gasteiger partial charge in [0.2, 0.25) is 0 Å². The number of nitrogens with zero attached hydrogens (tertiary/aromatic N) is 2. The highest BCUT2D eigenvalue weighted by Crippen LogP contribution is 2.19. The van der Waals surface area contributed by atoms with Crippen molar-refractivity contribution in [3.8, 4) is 0 Å². The number of hydrogen-bond donors (Lipinski definition) is 1. The molecule has 1 heterocycles. The summed E-state index contributed by atoms with van der Waals surface area (Å²) in [6, 6.07) is -0.0351. The summed E-state index contributed by atoms with van der Waals surface area (Å²) in [5, 5.41) is 3.94. The minimum Gasteiger partial charge on any atom is -0.462 e. The molecule has 2 atom stereocenters. The Morgan fingerprint density at radius 1 is 1.69 bits per heavy atom. The Bertz CT molecular complexity index is 376. The van der Waals surface area contributed by atoms with E-state index >= 15 is 0 Å². The first kappa shape index (κ1) is 12.8. The average molecular weight is 246 g/mol. The van der Waals surface area contributed by atoms with Crippen LogP contribution in [-0.2, 0) is 4.74 Å². The van der Waals surface area contributed by atoms with Gasteiger partial charge in [0.25, 0.3) is 0 Å². The zero-order valence-corrected chi connectivity index (χ0v) is 10.4. The van der Waals surface area contributed by atoms with Gasteiger partial charge in [-0.25, -0.2) is 4.79 Å². The molecule has 1 unspecified atom stereocenters. The highest BCUT2D eigenvalue weighted by Gasteiger charge is 2.19. The number of hydrogen-bond acceptors (Lipinski definition) is 4. The SMILES string of the molecule is CCOC(=O)c1cn([C@H](C)C(C)Cl)nc1N. The van der Waals surface area contributed by atoms with Gasteiger partial charge in [-0.1, -0.05) is 0 Å². The maximum Gasteiger partial charge on any atom is 0.343 e. The molecule has 6 heteroatoms. The predicted molar refractivity (Wildman–Crippen MR) is 62.6 cm³/mol. The van der Waals surface area contributed by atoms with E-state index < -0.39 is 5.97 Å². The van der Waals surface area contributed by atoms with Gasteiger partial charge in [-0.15, -0.1) is 11.6 Å². The highest BCUT2D eigenvalue weighted by atomic mass is 35.5. The van der Waals surface area contributed by atoms with Crippen molar-refractivity contribution in [1.82, 2.24) is 9.78 Å². The van der Waals surface area contributed by atoms with Crippen molar-refractivity contribution in [2.75, 3.05) is 12.3 Å². The number of carbonyl (C=O) groups is 1. The maximum atomic E-state index is 11.5. The Hall–Kier alpha value is -1.23. The van der Waals surface area contributed by atoms with Crippen molar-refractivity contribution >= 4 is 23.4 Å². The lowest BCUT2D eigenvalue weighted by Gasteiger charge is -2.13. The number of halogens is 1. The first-order valence-corrected chi connectivity index (χ1v) is 5.56. The third kappa shape index (κ3) is 2.66. The highest BCUT2D eigenvalue weighted by molar-refractivity contribution is 6.20. The monoisotopic (exact) mass is 245 g/mol. The average Bonchev–Trinajstić information content (AvgIpc) is 2.59. The van der Waals surface area contributed by atoms with Gasteiger partial charge in [-0.3, -0.25) is 4.68 Å². The second kappa shape index (κ2) is 5.21. The summed E-state index contributed by atoms with van der Waals surface area (Å²) in [4.78, 5) is 11.5. The molecule has 2 N–H and O–H groups in total. The Labute approximate surface area is 99.5 Å². The molecule has 1 aromatic heterocycles. The molecule has 5 nitrogen and oxygen atoms in total. The molecule has 16 heavy (non-hydrogen) atoms. The van der Waals surface area contributed by atoms with Crippen molar-refractivity contribution in [3.05, 3.63) is 11.8 Å². The van der Waals surface area contributed by atoms with Gasteiger partial charge in [-0.2, -0.15) is 5.10 Å². The molecular formula is C10H16ClN3O2. The zero-order valence-electron chi connectivity index (χ0n) is 9.61. The van der Waals surface area contributed by atoms with Crippen LogP contribution in [0, 0.1) is 0 Å². The first-order valence-electron chi connectivity index (χ1n) is 5.13. The van der Waals surface area contributed by atoms with Crippen molar-refractivity contribution in [2.24, 2.45) is 0 Å². The van der Waals surface area contributed by atoms with E-state index in [1.54, 1.807) is 17.8 Å². The molecule has 0 amide bonds. The van der Waals surface area contributed by atoms with E-state index in [2.05, 4.69) is 5.10 Å². The lowest BCUT2D eigenvalue weighted by Crippen LogP contribution is -2.14. The molecule has 0 aliphatic rings. The van der Waals surface area contributed by atoms with E-state index in [0.29, 0.717) is 6.61 Å². The summed E-state index contributed by atoms with van der Waals surface area (Å²) in [6.45, 7) is 5.81. The molecule has 0 aliphatic heterocycles. The number of nitrogen functional groups attached to an aromatic ring is 1. The minimum atomic E-state index is -0.458. The number of aromatic nitrogens is 2. The van der Waals surface area contributed by atoms with Crippen LogP contribution in [0.1, 0.15) is 37.2 Å². The fraction of sp³-hybridized carbons (Fsp3) is 0.600. The van der Waals surface area contributed by atoms with E-state index in [9.17, 15) is 4.79 Å². The van der Waals surface area contributed by atoms with E-state index in [-0.39, 0.29) is 22.8 Å². The lowest BCUT2D eigenvalue weighted by atomic mass is 10.2. The van der Waals surface area contributed by atoms with Crippen LogP contribution in [0.4, 0.5) is 5.82 Å². The molecule has 0 radical (unpaired) electrons. The number of nitrogens with two attached hydrogens (primary N) is 1. The van der Waals surface area contributed by atoms with Crippen LogP contribution in [0.5, 0.6) is 0 Å². The number of alkyl halides is 1. The summed E-state index contributed by atoms with van der Waals surface area (Å²) in [7, 11) is 0. The van der Waals surface area contributed by atoms with Crippen molar-refractivity contribution in [2.45, 2.75) is 32.2 Å². The van der Waals surface area contributed by atoms with Crippen LogP contribution < -0.4 is 5.73 Å². The third-order valence-electron chi connectivity index (χ3n) is 2.34. The normalized spacial score (nSPS) is 14.5. The fourth-order valence-electron chi connectivity index (χ4n) is 1.19. The van der Waals surface area contributed by atoms with Gasteiger partial charge >= 0.3 is 5.97 Å². The predicted octanol–water partition coefficient (Wildman–Crippen LogP) is 1.83. The molecular weight excluding hydrogens is 230 g/mol. The summed E-state index contributed by atoms with van der Waals surface area (Å²) >= 11 is 5.95. The second-order valence-corrected chi connectivity index (χ2v) is 4.24. The molecule has 1 rings (SSSR count). The molecule has 0 spiro atoms. The number of anilines is 1. The zero-order chi connectivity index (χ0) is 12.3. The summed E-state index contributed by atoms with van der Waals surface area (Å²) < 4.78 is 6.44. The minimum absolute atomic E-state index is 0.0351. The van der Waals surface area contributed by atoms with Crippen LogP contribution in [0.3, 0.4) is 0 Å². The van der Waals surface area contributed by atoms with Gasteiger partial charge in [0, 0.05) is 6.20 Å². The summed E-state index contributed by atoms with van der Waals surface area (Å²) in [5.41, 5.74) is 5.92. The standard InChI is InChI=1S/C10H16ClN3O2/c1-4-16-10(15)8-5-14(13-9(8)12)7(3)6(2)11/h5-7H,4H2,1-3H3,(H2,12,13)/t6?,7-/m1/s1. The molecule has 0 aromatic carbocycles. The number of ether oxygens (including phenoxy) is 1. The van der Waals surface area contributed by atoms with Crippen LogP contribution in [-0.4, -0.2) is 27.7 Å². The molecule has 0 aliphatic carbocycles. The Balaban J connectivity index is 2.93. The van der Waals surface area contributed by atoms with Crippen molar-refractivity contribution in [3.63, 3.8) is 0 Å². The maximum absolute atomic E-state index is 11.5. The van der Waals surface area contributed by atoms with E-state index in [1.807, 2.05) is 13.8 Å². The van der Waals surface area contributed by atoms with Crippen LogP contribution in [0.2, 0.25) is 0 Å². The van der Waals surface area contributed by atoms with Gasteiger partial charge in [0.15, 0.2) is 5.82 Å². The van der Waals surface area contributed by atoms with Crippen molar-refractivity contribution < 1.29 is 9.53 Å². The smallest absolute Gasteiger partial charge is 0.343 e. The molecule has 0 fully saturated rings. The topological polar surface area (TPSA) is 70.1 Å². The largest absolute Gasteiger partial charge is 0.462 e. The summed E-state index contributed by atoms with van der Waals surface area (Å²) in [5.74, 6) is -0.289. The van der Waals surface area contributed by atoms with Crippen molar-refractivity contribution in [1.29, 1.82) is 0 Å². The Kier molecular flexibility index (Phi) is 4.18. The van der Waals surface area contributed by atoms with Gasteiger partial charge in [-0.05, 0) is 20.8 Å². The fourth-order valence-corrected chi connectivity index (χ4v) is 1.31. The molecule has 0 saturated heterocycles. The van der Waals surface area contributed by atoms with Gasteiger partial charge < -0.3 is 10.5 Å². The number of esters is 1. The lowest BCUT2D eigenvalue weighted by molar-refractivity contribution is 0.0527. The van der Waals surface area contributed by atoms with E-state index in [1.165, 1.54) is 0 Å². The Morgan fingerprint density at radius 2 is 2.31 bits per heavy atom. The number of rotatable bonds is 4. The summed E-state index contributed by atoms with van der Waals surface area (Å²) in [6.07, 6.45) is 1.57.